The average Bonchev–Trinajstić information content (AvgIpc) is 2.68. The number of carbonyl (C=O) groups excluding carboxylic acids is 1. The van der Waals surface area contributed by atoms with Crippen LogP contribution in [0.4, 0.5) is 0 Å². The Bertz CT molecular complexity index is 456. The second kappa shape index (κ2) is 4.14. The molecule has 4 saturated carbocycles. The molecule has 2 heterocycles. The molecule has 0 aromatic rings. The molecule has 6 rings (SSSR count). The van der Waals surface area contributed by atoms with Crippen LogP contribution in [0.15, 0.2) is 12.2 Å². The summed E-state index contributed by atoms with van der Waals surface area (Å²) in [7, 11) is 0. The molecular weight excluding hydrogens is 258 g/mol. The van der Waals surface area contributed by atoms with Crippen molar-refractivity contribution < 1.29 is 4.79 Å². The van der Waals surface area contributed by atoms with Gasteiger partial charge in [-0.3, -0.25) is 4.79 Å². The Morgan fingerprint density at radius 2 is 1.43 bits per heavy atom. The van der Waals surface area contributed by atoms with Gasteiger partial charge in [0.2, 0.25) is 5.91 Å². The molecule has 0 aromatic carbocycles. The van der Waals surface area contributed by atoms with Gasteiger partial charge in [0.15, 0.2) is 0 Å². The molecule has 21 heavy (non-hydrogen) atoms. The molecule has 2 aliphatic heterocycles. The highest BCUT2D eigenvalue weighted by Crippen LogP contribution is 2.61. The number of hydrogen-bond acceptors (Lipinski definition) is 1. The molecule has 2 heteroatoms. The molecule has 1 amide bonds. The van der Waals surface area contributed by atoms with Crippen molar-refractivity contribution in [2.24, 2.45) is 23.2 Å². The monoisotopic (exact) mass is 285 g/mol. The van der Waals surface area contributed by atoms with E-state index in [0.29, 0.717) is 18.0 Å². The normalized spacial score (nSPS) is 50.8. The maximum absolute atomic E-state index is 13.5. The minimum Gasteiger partial charge on any atom is -0.336 e. The standard InChI is InChI=1S/C19H27NO/c1-12-4-16-2-3-17(5-12)20(16)18(21)19-9-13-6-14(10-19)8-15(7-13)11-19/h13-17H,1-11H2. The zero-order valence-electron chi connectivity index (χ0n) is 13.0. The van der Waals surface area contributed by atoms with E-state index in [4.69, 9.17) is 0 Å². The molecule has 2 unspecified atom stereocenters. The second-order valence-electron chi connectivity index (χ2n) is 8.95. The topological polar surface area (TPSA) is 20.3 Å². The maximum Gasteiger partial charge on any atom is 0.229 e. The van der Waals surface area contributed by atoms with Crippen LogP contribution in [-0.4, -0.2) is 22.9 Å². The fourth-order valence-corrected chi connectivity index (χ4v) is 7.09. The van der Waals surface area contributed by atoms with Gasteiger partial charge in [-0.15, -0.1) is 0 Å². The van der Waals surface area contributed by atoms with E-state index in [0.717, 1.165) is 30.6 Å². The van der Waals surface area contributed by atoms with Gasteiger partial charge in [-0.1, -0.05) is 12.2 Å². The lowest BCUT2D eigenvalue weighted by Crippen LogP contribution is -2.57. The lowest BCUT2D eigenvalue weighted by atomic mass is 9.49. The molecule has 2 saturated heterocycles. The summed E-state index contributed by atoms with van der Waals surface area (Å²) in [5.41, 5.74) is 1.45. The summed E-state index contributed by atoms with van der Waals surface area (Å²) < 4.78 is 0. The van der Waals surface area contributed by atoms with Crippen molar-refractivity contribution >= 4 is 5.91 Å². The van der Waals surface area contributed by atoms with Crippen LogP contribution in [-0.2, 0) is 4.79 Å². The first-order valence-corrected chi connectivity index (χ1v) is 9.12. The summed E-state index contributed by atoms with van der Waals surface area (Å²) in [6, 6.07) is 0.994. The van der Waals surface area contributed by atoms with Gasteiger partial charge in [-0.2, -0.15) is 0 Å². The zero-order chi connectivity index (χ0) is 14.2. The van der Waals surface area contributed by atoms with Crippen LogP contribution >= 0.6 is 0 Å². The van der Waals surface area contributed by atoms with Crippen LogP contribution < -0.4 is 0 Å². The Balaban J connectivity index is 1.45. The minimum atomic E-state index is 0.0638. The van der Waals surface area contributed by atoms with Crippen molar-refractivity contribution in [3.8, 4) is 0 Å². The van der Waals surface area contributed by atoms with E-state index < -0.39 is 0 Å². The fourth-order valence-electron chi connectivity index (χ4n) is 7.09. The summed E-state index contributed by atoms with van der Waals surface area (Å²) in [5, 5.41) is 0. The third-order valence-corrected chi connectivity index (χ3v) is 7.39. The molecule has 6 bridgehead atoms. The van der Waals surface area contributed by atoms with Crippen molar-refractivity contribution in [2.75, 3.05) is 0 Å². The van der Waals surface area contributed by atoms with Crippen molar-refractivity contribution in [3.63, 3.8) is 0 Å². The number of carbonyl (C=O) groups is 1. The molecule has 114 valence electrons. The Kier molecular flexibility index (Phi) is 2.51. The van der Waals surface area contributed by atoms with Gasteiger partial charge in [-0.25, -0.2) is 0 Å². The van der Waals surface area contributed by atoms with Crippen LogP contribution in [0.1, 0.15) is 64.2 Å². The van der Waals surface area contributed by atoms with E-state index in [9.17, 15) is 4.79 Å². The van der Waals surface area contributed by atoms with Gasteiger partial charge >= 0.3 is 0 Å². The molecular formula is C19H27NO. The third-order valence-electron chi connectivity index (χ3n) is 7.39. The van der Waals surface area contributed by atoms with Crippen molar-refractivity contribution in [1.29, 1.82) is 0 Å². The highest BCUT2D eigenvalue weighted by molar-refractivity contribution is 5.84. The van der Waals surface area contributed by atoms with Crippen LogP contribution in [0.2, 0.25) is 0 Å². The second-order valence-corrected chi connectivity index (χ2v) is 8.95. The number of fused-ring (bicyclic) bond motifs is 2. The number of amides is 1. The molecule has 2 nitrogen and oxygen atoms in total. The first kappa shape index (κ1) is 12.7. The average molecular weight is 285 g/mol. The van der Waals surface area contributed by atoms with Gasteiger partial charge in [-0.05, 0) is 82.0 Å². The number of piperidine rings is 1. The highest BCUT2D eigenvalue weighted by Gasteiger charge is 2.57. The number of rotatable bonds is 1. The third kappa shape index (κ3) is 1.74. The SMILES string of the molecule is C=C1CC2CCC(C1)N2C(=O)C12CC3CC(CC(C3)C1)C2. The summed E-state index contributed by atoms with van der Waals surface area (Å²) in [6.07, 6.45) is 12.5. The lowest BCUT2D eigenvalue weighted by molar-refractivity contribution is -0.161. The predicted octanol–water partition coefficient (Wildman–Crippen LogP) is 3.91. The van der Waals surface area contributed by atoms with Crippen LogP contribution in [0, 0.1) is 23.2 Å². The Labute approximate surface area is 128 Å². The van der Waals surface area contributed by atoms with E-state index in [1.54, 1.807) is 0 Å². The predicted molar refractivity (Wildman–Crippen MR) is 82.6 cm³/mol. The molecule has 6 fully saturated rings. The molecule has 0 N–H and O–H groups in total. The van der Waals surface area contributed by atoms with E-state index in [2.05, 4.69) is 11.5 Å². The first-order valence-electron chi connectivity index (χ1n) is 9.12. The first-order chi connectivity index (χ1) is 10.1. The maximum atomic E-state index is 13.5. The van der Waals surface area contributed by atoms with Gasteiger partial charge in [0.05, 0.1) is 5.41 Å². The van der Waals surface area contributed by atoms with E-state index >= 15 is 0 Å². The lowest BCUT2D eigenvalue weighted by Gasteiger charge is -2.57. The van der Waals surface area contributed by atoms with Gasteiger partial charge < -0.3 is 4.90 Å². The molecule has 2 atom stereocenters. The largest absolute Gasteiger partial charge is 0.336 e. The molecule has 6 aliphatic rings. The number of hydrogen-bond donors (Lipinski definition) is 0. The zero-order valence-corrected chi connectivity index (χ0v) is 13.0. The van der Waals surface area contributed by atoms with Crippen LogP contribution in [0.25, 0.3) is 0 Å². The Hall–Kier alpha value is -0.790. The van der Waals surface area contributed by atoms with E-state index in [1.165, 1.54) is 56.9 Å². The van der Waals surface area contributed by atoms with Crippen LogP contribution in [0.3, 0.4) is 0 Å². The smallest absolute Gasteiger partial charge is 0.229 e. The Morgan fingerprint density at radius 3 is 1.90 bits per heavy atom. The quantitative estimate of drug-likeness (QED) is 0.669. The van der Waals surface area contributed by atoms with Gasteiger partial charge in [0, 0.05) is 12.1 Å². The Morgan fingerprint density at radius 1 is 0.952 bits per heavy atom. The van der Waals surface area contributed by atoms with E-state index in [-0.39, 0.29) is 5.41 Å². The highest BCUT2D eigenvalue weighted by atomic mass is 16.2. The molecule has 0 aromatic heterocycles. The minimum absolute atomic E-state index is 0.0638. The van der Waals surface area contributed by atoms with E-state index in [1.807, 2.05) is 0 Å². The molecule has 4 aliphatic carbocycles. The summed E-state index contributed by atoms with van der Waals surface area (Å²) in [4.78, 5) is 15.9. The fraction of sp³-hybridized carbons (Fsp3) is 0.842. The molecule has 0 spiro atoms. The van der Waals surface area contributed by atoms with Crippen molar-refractivity contribution in [1.82, 2.24) is 4.90 Å². The molecule has 0 radical (unpaired) electrons. The van der Waals surface area contributed by atoms with Crippen molar-refractivity contribution in [2.45, 2.75) is 76.3 Å². The summed E-state index contributed by atoms with van der Waals surface area (Å²) >= 11 is 0. The summed E-state index contributed by atoms with van der Waals surface area (Å²) in [6.45, 7) is 4.20. The number of nitrogens with zero attached hydrogens (tertiary/aromatic N) is 1. The van der Waals surface area contributed by atoms with Crippen LogP contribution in [0.5, 0.6) is 0 Å². The van der Waals surface area contributed by atoms with Gasteiger partial charge in [0.1, 0.15) is 0 Å². The van der Waals surface area contributed by atoms with Crippen molar-refractivity contribution in [3.05, 3.63) is 12.2 Å². The summed E-state index contributed by atoms with van der Waals surface area (Å²) in [5.74, 6) is 3.19. The van der Waals surface area contributed by atoms with Gasteiger partial charge in [0.25, 0.3) is 0 Å².